The van der Waals surface area contributed by atoms with Gasteiger partial charge in [-0.15, -0.1) is 0 Å². The third-order valence-electron chi connectivity index (χ3n) is 4.60. The van der Waals surface area contributed by atoms with Crippen molar-refractivity contribution in [3.8, 4) is 0 Å². The molecule has 1 aliphatic rings. The van der Waals surface area contributed by atoms with Crippen LogP contribution in [0.1, 0.15) is 54.2 Å². The molecule has 1 heterocycles. The first-order valence-electron chi connectivity index (χ1n) is 10.1. The second kappa shape index (κ2) is 10.0. The van der Waals surface area contributed by atoms with E-state index in [2.05, 4.69) is 82.3 Å². The van der Waals surface area contributed by atoms with E-state index >= 15 is 0 Å². The third-order valence-corrected chi connectivity index (χ3v) is 4.60. The molecule has 0 bridgehead atoms. The molecule has 1 N–H and O–H groups in total. The number of benzene rings is 2. The van der Waals surface area contributed by atoms with Crippen LogP contribution in [0.2, 0.25) is 0 Å². The summed E-state index contributed by atoms with van der Waals surface area (Å²) >= 11 is 0. The van der Waals surface area contributed by atoms with Gasteiger partial charge in [0, 0.05) is 41.5 Å². The molecule has 0 aromatic heterocycles. The van der Waals surface area contributed by atoms with Crippen LogP contribution in [0.4, 0.5) is 11.4 Å². The van der Waals surface area contributed by atoms with E-state index in [0.29, 0.717) is 0 Å². The minimum atomic E-state index is -0.500. The molecule has 3 rings (SSSR count). The molecule has 163 valence electrons. The van der Waals surface area contributed by atoms with Crippen LogP contribution in [0.15, 0.2) is 24.3 Å². The van der Waals surface area contributed by atoms with Gasteiger partial charge in [0.15, 0.2) is 0 Å². The fourth-order valence-electron chi connectivity index (χ4n) is 3.97. The fraction of sp³-hybridized carbons (Fsp3) is 0.480. The second-order valence-electron chi connectivity index (χ2n) is 9.07. The molecule has 0 amide bonds. The minimum Gasteiger partial charge on any atom is -0.391 e. The first-order chi connectivity index (χ1) is 12.9. The number of hydrogen-bond acceptors (Lipinski definition) is 3. The molecule has 1 aliphatic heterocycles. The van der Waals surface area contributed by atoms with Crippen LogP contribution in [0.25, 0.3) is 0 Å². The zero-order valence-corrected chi connectivity index (χ0v) is 20.3. The van der Waals surface area contributed by atoms with E-state index in [9.17, 15) is 0 Å². The van der Waals surface area contributed by atoms with Crippen molar-refractivity contribution in [3.63, 3.8) is 0 Å². The number of aliphatic hydroxyl groups is 1. The third kappa shape index (κ3) is 7.06. The van der Waals surface area contributed by atoms with Gasteiger partial charge in [-0.05, 0) is 84.6 Å². The Labute approximate surface area is 188 Å². The maximum absolute atomic E-state index is 8.52. The monoisotopic (exact) mass is 443 g/mol. The summed E-state index contributed by atoms with van der Waals surface area (Å²) in [5.41, 5.74) is 10.1. The fourth-order valence-corrected chi connectivity index (χ4v) is 3.97. The quantitative estimate of drug-likeness (QED) is 0.609. The number of hydrogen-bond donors (Lipinski definition) is 1. The molecule has 0 unspecified atom stereocenters. The predicted molar refractivity (Wildman–Crippen MR) is 121 cm³/mol. The molecule has 3 nitrogen and oxygen atoms in total. The van der Waals surface area contributed by atoms with E-state index < -0.39 is 5.60 Å². The first kappa shape index (κ1) is 25.6. The molecule has 0 atom stereocenters. The van der Waals surface area contributed by atoms with E-state index in [1.165, 1.54) is 44.8 Å². The number of rotatable bonds is 2. The Kier molecular flexibility index (Phi) is 8.83. The SMILES string of the molecule is CC(C)(C)O.Cc1cc(C)c(N2[C]N(c3c(C)cc(C)cc3C)CC2)c(C)c1.[Cu]. The Morgan fingerprint density at radius 3 is 1.17 bits per heavy atom. The van der Waals surface area contributed by atoms with Crippen molar-refractivity contribution in [2.75, 3.05) is 22.9 Å². The van der Waals surface area contributed by atoms with Crippen LogP contribution in [-0.2, 0) is 17.1 Å². The Bertz CT molecular complexity index is 724. The van der Waals surface area contributed by atoms with Crippen LogP contribution in [-0.4, -0.2) is 23.8 Å². The second-order valence-corrected chi connectivity index (χ2v) is 9.07. The largest absolute Gasteiger partial charge is 0.391 e. The first-order valence-corrected chi connectivity index (χ1v) is 10.1. The van der Waals surface area contributed by atoms with E-state index in [-0.39, 0.29) is 17.1 Å². The molecule has 0 aliphatic carbocycles. The van der Waals surface area contributed by atoms with Gasteiger partial charge < -0.3 is 14.9 Å². The van der Waals surface area contributed by atoms with Gasteiger partial charge in [-0.25, -0.2) is 0 Å². The topological polar surface area (TPSA) is 26.7 Å². The van der Waals surface area contributed by atoms with Crippen LogP contribution >= 0.6 is 0 Å². The van der Waals surface area contributed by atoms with E-state index in [4.69, 9.17) is 5.11 Å². The molecule has 0 spiro atoms. The molecule has 29 heavy (non-hydrogen) atoms. The predicted octanol–water partition coefficient (Wildman–Crippen LogP) is 5.63. The van der Waals surface area contributed by atoms with E-state index in [1.807, 2.05) is 0 Å². The molecule has 4 heteroatoms. The molecule has 3 radical (unpaired) electrons. The van der Waals surface area contributed by atoms with Crippen molar-refractivity contribution in [2.45, 2.75) is 67.9 Å². The molecule has 2 aromatic carbocycles. The van der Waals surface area contributed by atoms with Gasteiger partial charge in [-0.1, -0.05) is 35.4 Å². The summed E-state index contributed by atoms with van der Waals surface area (Å²) < 4.78 is 0. The smallest absolute Gasteiger partial charge is 0.208 e. The van der Waals surface area contributed by atoms with Crippen molar-refractivity contribution < 1.29 is 22.2 Å². The summed E-state index contributed by atoms with van der Waals surface area (Å²) in [6, 6.07) is 9.04. The van der Waals surface area contributed by atoms with Crippen molar-refractivity contribution in [1.82, 2.24) is 0 Å². The Morgan fingerprint density at radius 1 is 0.690 bits per heavy atom. The average molecular weight is 444 g/mol. The van der Waals surface area contributed by atoms with Crippen molar-refractivity contribution in [3.05, 3.63) is 64.3 Å². The Hall–Kier alpha value is -1.48. The molecule has 1 fully saturated rings. The van der Waals surface area contributed by atoms with Crippen LogP contribution in [0.3, 0.4) is 0 Å². The van der Waals surface area contributed by atoms with Crippen molar-refractivity contribution in [2.24, 2.45) is 0 Å². The Morgan fingerprint density at radius 2 is 0.931 bits per heavy atom. The van der Waals surface area contributed by atoms with Crippen molar-refractivity contribution >= 4 is 11.4 Å². The van der Waals surface area contributed by atoms with Crippen LogP contribution < -0.4 is 9.80 Å². The van der Waals surface area contributed by atoms with Gasteiger partial charge in [0.05, 0.1) is 5.60 Å². The van der Waals surface area contributed by atoms with E-state index in [1.54, 1.807) is 20.8 Å². The summed E-state index contributed by atoms with van der Waals surface area (Å²) in [5, 5.41) is 8.52. The molecule has 1 saturated heterocycles. The van der Waals surface area contributed by atoms with Crippen LogP contribution in [0, 0.1) is 48.2 Å². The van der Waals surface area contributed by atoms with Crippen molar-refractivity contribution in [1.29, 1.82) is 0 Å². The van der Waals surface area contributed by atoms with E-state index in [0.717, 1.165) is 13.1 Å². The summed E-state index contributed by atoms with van der Waals surface area (Å²) in [7, 11) is 0. The standard InChI is InChI=1S/C21H26N2.C4H10O.Cu/c1-14-9-16(3)20(17(4)10-14)22-7-8-23(13-22)21-18(5)11-15(2)12-19(21)6;1-4(2,3)5;/h9-12H,7-8H2,1-6H3;5H,1-3H3;. The van der Waals surface area contributed by atoms with Gasteiger partial charge in [0.25, 0.3) is 0 Å². The van der Waals surface area contributed by atoms with Gasteiger partial charge in [-0.2, -0.15) is 0 Å². The maximum atomic E-state index is 8.52. The summed E-state index contributed by atoms with van der Waals surface area (Å²) in [4.78, 5) is 4.56. The maximum Gasteiger partial charge on any atom is 0.208 e. The van der Waals surface area contributed by atoms with Gasteiger partial charge in [0.1, 0.15) is 0 Å². The zero-order valence-electron chi connectivity index (χ0n) is 19.4. The molecule has 0 saturated carbocycles. The number of nitrogens with zero attached hydrogens (tertiary/aromatic N) is 2. The zero-order chi connectivity index (χ0) is 21.2. The summed E-state index contributed by atoms with van der Waals surface area (Å²) in [6.07, 6.45) is 0. The molecule has 2 aromatic rings. The van der Waals surface area contributed by atoms with Gasteiger partial charge in [-0.3, -0.25) is 0 Å². The summed E-state index contributed by atoms with van der Waals surface area (Å²) in [5.74, 6) is 0. The average Bonchev–Trinajstić information content (AvgIpc) is 2.92. The van der Waals surface area contributed by atoms with Crippen LogP contribution in [0.5, 0.6) is 0 Å². The normalized spacial score (nSPS) is 13.7. The van der Waals surface area contributed by atoms with Gasteiger partial charge in [0.2, 0.25) is 6.67 Å². The van der Waals surface area contributed by atoms with Gasteiger partial charge >= 0.3 is 0 Å². The number of aryl methyl sites for hydroxylation is 6. The summed E-state index contributed by atoms with van der Waals surface area (Å²) in [6.45, 7) is 23.9. The minimum absolute atomic E-state index is 0. The Balaban J connectivity index is 0.000000628. The molecular weight excluding hydrogens is 408 g/mol. The molecular formula is C25H36CuN2O. The number of anilines is 2.